The van der Waals surface area contributed by atoms with E-state index in [1.54, 1.807) is 0 Å². The molecule has 0 radical (unpaired) electrons. The van der Waals surface area contributed by atoms with Gasteiger partial charge in [-0.1, -0.05) is 18.5 Å². The minimum absolute atomic E-state index is 0.0380. The van der Waals surface area contributed by atoms with Gasteiger partial charge in [0.2, 0.25) is 11.7 Å². The van der Waals surface area contributed by atoms with Crippen molar-refractivity contribution in [3.05, 3.63) is 11.7 Å². The van der Waals surface area contributed by atoms with Crippen molar-refractivity contribution in [3.63, 3.8) is 0 Å². The molecule has 1 aromatic heterocycles. The minimum Gasteiger partial charge on any atom is -0.367 e. The fourth-order valence-corrected chi connectivity index (χ4v) is 3.11. The second-order valence-electron chi connectivity index (χ2n) is 5.98. The molecule has 0 aromatic carbocycles. The monoisotopic (exact) mass is 294 g/mol. The standard InChI is InChI=1S/C15H26N4O2/c1-2-19-9-10-20-13(11-19)15-17-14(21-18-15)7-6-12-5-3-4-8-16-12/h12-13,16H,2-11H2,1H3. The van der Waals surface area contributed by atoms with Crippen LogP contribution in [0.5, 0.6) is 0 Å². The Morgan fingerprint density at radius 2 is 2.33 bits per heavy atom. The zero-order valence-electron chi connectivity index (χ0n) is 12.9. The van der Waals surface area contributed by atoms with E-state index in [1.807, 2.05) is 0 Å². The molecule has 0 bridgehead atoms. The van der Waals surface area contributed by atoms with Gasteiger partial charge in [-0.2, -0.15) is 4.98 Å². The Hall–Kier alpha value is -0.980. The maximum absolute atomic E-state index is 5.76. The topological polar surface area (TPSA) is 63.4 Å². The van der Waals surface area contributed by atoms with Crippen LogP contribution >= 0.6 is 0 Å². The third-order valence-corrected chi connectivity index (χ3v) is 4.49. The number of aryl methyl sites for hydroxylation is 1. The summed E-state index contributed by atoms with van der Waals surface area (Å²) in [6, 6.07) is 0.607. The highest BCUT2D eigenvalue weighted by atomic mass is 16.5. The van der Waals surface area contributed by atoms with Gasteiger partial charge in [-0.05, 0) is 32.4 Å². The Kier molecular flexibility index (Phi) is 5.22. The van der Waals surface area contributed by atoms with Crippen molar-refractivity contribution in [2.24, 2.45) is 0 Å². The molecule has 3 heterocycles. The molecule has 2 unspecified atom stereocenters. The zero-order valence-corrected chi connectivity index (χ0v) is 12.9. The molecular formula is C15H26N4O2. The highest BCUT2D eigenvalue weighted by Gasteiger charge is 2.25. The average molecular weight is 294 g/mol. The summed E-state index contributed by atoms with van der Waals surface area (Å²) >= 11 is 0. The van der Waals surface area contributed by atoms with Gasteiger partial charge in [-0.3, -0.25) is 4.90 Å². The lowest BCUT2D eigenvalue weighted by atomic mass is 10.0. The van der Waals surface area contributed by atoms with Gasteiger partial charge >= 0.3 is 0 Å². The first kappa shape index (κ1) is 14.9. The molecule has 2 aliphatic heterocycles. The summed E-state index contributed by atoms with van der Waals surface area (Å²) in [4.78, 5) is 6.89. The van der Waals surface area contributed by atoms with Crippen molar-refractivity contribution < 1.29 is 9.26 Å². The van der Waals surface area contributed by atoms with Crippen molar-refractivity contribution in [1.29, 1.82) is 0 Å². The first-order valence-electron chi connectivity index (χ1n) is 8.25. The number of hydrogen-bond acceptors (Lipinski definition) is 6. The van der Waals surface area contributed by atoms with Crippen LogP contribution in [0.3, 0.4) is 0 Å². The van der Waals surface area contributed by atoms with E-state index < -0.39 is 0 Å². The molecule has 2 saturated heterocycles. The highest BCUT2D eigenvalue weighted by molar-refractivity contribution is 4.94. The molecule has 21 heavy (non-hydrogen) atoms. The quantitative estimate of drug-likeness (QED) is 0.888. The van der Waals surface area contributed by atoms with Crippen LogP contribution in [0.4, 0.5) is 0 Å². The molecule has 2 atom stereocenters. The van der Waals surface area contributed by atoms with Crippen molar-refractivity contribution in [2.45, 2.75) is 51.2 Å². The summed E-state index contributed by atoms with van der Waals surface area (Å²) in [6.45, 7) is 6.95. The Labute approximate surface area is 126 Å². The van der Waals surface area contributed by atoms with Crippen LogP contribution in [0.2, 0.25) is 0 Å². The maximum atomic E-state index is 5.76. The summed E-state index contributed by atoms with van der Waals surface area (Å²) < 4.78 is 11.2. The Morgan fingerprint density at radius 3 is 3.14 bits per heavy atom. The first-order chi connectivity index (χ1) is 10.3. The van der Waals surface area contributed by atoms with E-state index in [4.69, 9.17) is 9.26 Å². The number of morpholine rings is 1. The van der Waals surface area contributed by atoms with Gasteiger partial charge in [0, 0.05) is 25.6 Å². The van der Waals surface area contributed by atoms with Crippen LogP contribution in [-0.4, -0.2) is 53.9 Å². The van der Waals surface area contributed by atoms with Gasteiger partial charge in [-0.25, -0.2) is 0 Å². The first-order valence-corrected chi connectivity index (χ1v) is 8.25. The van der Waals surface area contributed by atoms with Gasteiger partial charge in [0.05, 0.1) is 6.61 Å². The fraction of sp³-hybridized carbons (Fsp3) is 0.867. The van der Waals surface area contributed by atoms with E-state index in [9.17, 15) is 0 Å². The third kappa shape index (κ3) is 4.02. The molecular weight excluding hydrogens is 268 g/mol. The molecule has 1 N–H and O–H groups in total. The van der Waals surface area contributed by atoms with E-state index in [2.05, 4.69) is 27.3 Å². The molecule has 3 rings (SSSR count). The molecule has 2 aliphatic rings. The zero-order chi connectivity index (χ0) is 14.5. The van der Waals surface area contributed by atoms with E-state index in [1.165, 1.54) is 19.3 Å². The molecule has 1 aromatic rings. The van der Waals surface area contributed by atoms with E-state index in [-0.39, 0.29) is 6.10 Å². The maximum Gasteiger partial charge on any atom is 0.226 e. The normalized spacial score (nSPS) is 27.9. The van der Waals surface area contributed by atoms with E-state index in [0.717, 1.165) is 51.5 Å². The van der Waals surface area contributed by atoms with Crippen LogP contribution in [0, 0.1) is 0 Å². The summed E-state index contributed by atoms with van der Waals surface area (Å²) in [7, 11) is 0. The van der Waals surface area contributed by atoms with Gasteiger partial charge in [0.25, 0.3) is 0 Å². The summed E-state index contributed by atoms with van der Waals surface area (Å²) in [6.07, 6.45) is 5.79. The van der Waals surface area contributed by atoms with Gasteiger partial charge in [-0.15, -0.1) is 0 Å². The Balaban J connectivity index is 1.50. The predicted molar refractivity (Wildman–Crippen MR) is 79.1 cm³/mol. The number of ether oxygens (including phenoxy) is 1. The number of nitrogens with one attached hydrogen (secondary N) is 1. The van der Waals surface area contributed by atoms with E-state index in [0.29, 0.717) is 11.9 Å². The lowest BCUT2D eigenvalue weighted by molar-refractivity contribution is -0.0334. The molecule has 6 nitrogen and oxygen atoms in total. The van der Waals surface area contributed by atoms with Crippen LogP contribution in [0.15, 0.2) is 4.52 Å². The number of aromatic nitrogens is 2. The third-order valence-electron chi connectivity index (χ3n) is 4.49. The molecule has 2 fully saturated rings. The number of hydrogen-bond donors (Lipinski definition) is 1. The van der Waals surface area contributed by atoms with Crippen molar-refractivity contribution in [2.75, 3.05) is 32.8 Å². The predicted octanol–water partition coefficient (Wildman–Crippen LogP) is 1.54. The number of likely N-dealkylation sites (N-methyl/N-ethyl adjacent to an activating group) is 1. The minimum atomic E-state index is -0.0380. The second kappa shape index (κ2) is 7.33. The molecule has 0 saturated carbocycles. The SMILES string of the molecule is CCN1CCOC(c2noc(CCC3CCCCN3)n2)C1. The number of piperidine rings is 1. The van der Waals surface area contributed by atoms with Crippen molar-refractivity contribution >= 4 is 0 Å². The lowest BCUT2D eigenvalue weighted by Crippen LogP contribution is -2.38. The Bertz CT molecular complexity index is 431. The summed E-state index contributed by atoms with van der Waals surface area (Å²) in [5, 5.41) is 7.67. The van der Waals surface area contributed by atoms with Crippen molar-refractivity contribution in [1.82, 2.24) is 20.4 Å². The summed E-state index contributed by atoms with van der Waals surface area (Å²) in [5.74, 6) is 1.45. The molecule has 6 heteroatoms. The molecule has 118 valence electrons. The second-order valence-corrected chi connectivity index (χ2v) is 5.98. The van der Waals surface area contributed by atoms with Crippen LogP contribution in [0.1, 0.15) is 50.4 Å². The highest BCUT2D eigenvalue weighted by Crippen LogP contribution is 2.20. The van der Waals surface area contributed by atoms with Crippen LogP contribution in [0.25, 0.3) is 0 Å². The van der Waals surface area contributed by atoms with Crippen LogP contribution < -0.4 is 5.32 Å². The van der Waals surface area contributed by atoms with Crippen LogP contribution in [-0.2, 0) is 11.2 Å². The molecule has 0 aliphatic carbocycles. The van der Waals surface area contributed by atoms with Gasteiger partial charge in [0.15, 0.2) is 0 Å². The summed E-state index contributed by atoms with van der Waals surface area (Å²) in [5.41, 5.74) is 0. The molecule has 0 amide bonds. The number of rotatable bonds is 5. The fourth-order valence-electron chi connectivity index (χ4n) is 3.11. The van der Waals surface area contributed by atoms with Gasteiger partial charge in [0.1, 0.15) is 6.10 Å². The van der Waals surface area contributed by atoms with Crippen molar-refractivity contribution in [3.8, 4) is 0 Å². The lowest BCUT2D eigenvalue weighted by Gasteiger charge is -2.30. The van der Waals surface area contributed by atoms with Gasteiger partial charge < -0.3 is 14.6 Å². The average Bonchev–Trinajstić information content (AvgIpc) is 3.03. The molecule has 0 spiro atoms. The van der Waals surface area contributed by atoms with E-state index >= 15 is 0 Å². The Morgan fingerprint density at radius 1 is 1.38 bits per heavy atom. The number of nitrogens with zero attached hydrogens (tertiary/aromatic N) is 3. The largest absolute Gasteiger partial charge is 0.367 e. The smallest absolute Gasteiger partial charge is 0.226 e.